The average Bonchev–Trinajstić information content (AvgIpc) is 3.32. The van der Waals surface area contributed by atoms with Crippen LogP contribution >= 0.6 is 0 Å². The van der Waals surface area contributed by atoms with E-state index in [0.717, 1.165) is 11.1 Å². The van der Waals surface area contributed by atoms with E-state index in [1.54, 1.807) is 11.9 Å². The second kappa shape index (κ2) is 5.10. The number of hydrogen-bond acceptors (Lipinski definition) is 4. The number of anilines is 1. The number of likely N-dealkylation sites (tertiary alicyclic amines) is 1. The van der Waals surface area contributed by atoms with Crippen LogP contribution in [0.5, 0.6) is 0 Å². The van der Waals surface area contributed by atoms with Gasteiger partial charge >= 0.3 is 5.69 Å². The van der Waals surface area contributed by atoms with Gasteiger partial charge in [-0.15, -0.1) is 0 Å². The van der Waals surface area contributed by atoms with Gasteiger partial charge < -0.3 is 24.9 Å². The van der Waals surface area contributed by atoms with E-state index in [-0.39, 0.29) is 17.5 Å². The number of aromatic nitrogens is 2. The maximum absolute atomic E-state index is 13.2. The van der Waals surface area contributed by atoms with Crippen molar-refractivity contribution in [2.24, 2.45) is 11.8 Å². The number of amides is 2. The summed E-state index contributed by atoms with van der Waals surface area (Å²) in [4.78, 5) is 44.7. The minimum atomic E-state index is -0.697. The predicted octanol–water partition coefficient (Wildman–Crippen LogP) is 0.823. The largest absolute Gasteiger partial charge is 0.360 e. The smallest absolute Gasteiger partial charge is 0.323 e. The van der Waals surface area contributed by atoms with Gasteiger partial charge in [0.05, 0.1) is 41.2 Å². The average molecular weight is 368 g/mol. The van der Waals surface area contributed by atoms with Gasteiger partial charge in [0.25, 0.3) is 0 Å². The number of rotatable bonds is 2. The van der Waals surface area contributed by atoms with Crippen molar-refractivity contribution >= 4 is 28.5 Å². The van der Waals surface area contributed by atoms with E-state index in [9.17, 15) is 14.4 Å². The van der Waals surface area contributed by atoms with Crippen LogP contribution in [0.2, 0.25) is 0 Å². The molecule has 2 aromatic rings. The fourth-order valence-corrected chi connectivity index (χ4v) is 4.77. The Hall–Kier alpha value is -2.87. The number of likely N-dealkylation sites (N-methyl/N-ethyl adjacent to an activating group) is 1. The third-order valence-electron chi connectivity index (χ3n) is 6.17. The van der Waals surface area contributed by atoms with Crippen molar-refractivity contribution in [2.45, 2.75) is 25.6 Å². The lowest BCUT2D eigenvalue weighted by molar-refractivity contribution is -0.134. The normalized spacial score (nSPS) is 31.1. The molecule has 0 unspecified atom stereocenters. The van der Waals surface area contributed by atoms with E-state index in [4.69, 9.17) is 4.74 Å². The summed E-state index contributed by atoms with van der Waals surface area (Å²) >= 11 is 0. The zero-order chi connectivity index (χ0) is 19.1. The molecule has 8 heteroatoms. The first kappa shape index (κ1) is 16.3. The van der Waals surface area contributed by atoms with Gasteiger partial charge in [-0.1, -0.05) is 12.2 Å². The Labute approximate surface area is 154 Å². The van der Waals surface area contributed by atoms with Gasteiger partial charge in [-0.05, 0) is 31.0 Å². The van der Waals surface area contributed by atoms with Crippen LogP contribution in [0.25, 0.3) is 11.0 Å². The van der Waals surface area contributed by atoms with Crippen LogP contribution in [-0.4, -0.2) is 52.0 Å². The lowest BCUT2D eigenvalue weighted by Crippen LogP contribution is -2.41. The topological polar surface area (TPSA) is 107 Å². The SMILES string of the molecule is Cc1cc2[nH]c(=O)[nH]c2c(NC(=O)[C@H]2[C@@H]3C=C[C@@]4(CN(C)C(=O)[C@@H]24)O3)c1C. The van der Waals surface area contributed by atoms with E-state index in [1.807, 2.05) is 32.1 Å². The van der Waals surface area contributed by atoms with Crippen LogP contribution in [0.3, 0.4) is 0 Å². The number of ether oxygens (including phenoxy) is 1. The predicted molar refractivity (Wildman–Crippen MR) is 98.4 cm³/mol. The van der Waals surface area contributed by atoms with Crippen molar-refractivity contribution in [2.75, 3.05) is 18.9 Å². The molecule has 2 fully saturated rings. The molecule has 8 nitrogen and oxygen atoms in total. The molecule has 4 heterocycles. The molecular formula is C19H20N4O4. The Kier molecular flexibility index (Phi) is 3.08. The third-order valence-corrected chi connectivity index (χ3v) is 6.17. The van der Waals surface area contributed by atoms with E-state index in [1.165, 1.54) is 0 Å². The molecule has 140 valence electrons. The first-order chi connectivity index (χ1) is 12.8. The molecule has 4 atom stereocenters. The Morgan fingerprint density at radius 3 is 2.89 bits per heavy atom. The number of carbonyl (C=O) groups is 2. The summed E-state index contributed by atoms with van der Waals surface area (Å²) in [5.74, 6) is -1.43. The highest BCUT2D eigenvalue weighted by molar-refractivity contribution is 6.04. The fourth-order valence-electron chi connectivity index (χ4n) is 4.77. The Balaban J connectivity index is 1.55. The van der Waals surface area contributed by atoms with Gasteiger partial charge in [0, 0.05) is 7.05 Å². The summed E-state index contributed by atoms with van der Waals surface area (Å²) < 4.78 is 6.04. The summed E-state index contributed by atoms with van der Waals surface area (Å²) in [6.45, 7) is 4.28. The minimum absolute atomic E-state index is 0.0665. The van der Waals surface area contributed by atoms with E-state index >= 15 is 0 Å². The van der Waals surface area contributed by atoms with Gasteiger partial charge in [0.15, 0.2) is 0 Å². The molecule has 2 bridgehead atoms. The van der Waals surface area contributed by atoms with Crippen molar-refractivity contribution in [1.82, 2.24) is 14.9 Å². The van der Waals surface area contributed by atoms with E-state index < -0.39 is 23.5 Å². The zero-order valence-electron chi connectivity index (χ0n) is 15.3. The summed E-state index contributed by atoms with van der Waals surface area (Å²) in [6.07, 6.45) is 3.40. The molecule has 1 aromatic carbocycles. The summed E-state index contributed by atoms with van der Waals surface area (Å²) in [6, 6.07) is 1.87. The van der Waals surface area contributed by atoms with Crippen molar-refractivity contribution in [3.8, 4) is 0 Å². The number of aromatic amines is 2. The molecule has 5 rings (SSSR count). The molecule has 3 N–H and O–H groups in total. The molecule has 0 aliphatic carbocycles. The summed E-state index contributed by atoms with van der Waals surface area (Å²) in [5.41, 5.74) is 2.55. The van der Waals surface area contributed by atoms with Crippen LogP contribution in [0.1, 0.15) is 11.1 Å². The maximum atomic E-state index is 13.2. The standard InChI is InChI=1S/C19H20N4O4/c1-8-6-10-15(22-18(26)20-10)14(9(8)2)21-16(24)12-11-4-5-19(27-11)7-23(3)17(25)13(12)19/h4-6,11-13H,7H2,1-3H3,(H,21,24)(H2,20,22,26)/t11-,12-,13+,19-/m0/s1. The highest BCUT2D eigenvalue weighted by Gasteiger charge is 2.66. The highest BCUT2D eigenvalue weighted by Crippen LogP contribution is 2.51. The van der Waals surface area contributed by atoms with Crippen LogP contribution < -0.4 is 11.0 Å². The third kappa shape index (κ3) is 2.04. The zero-order valence-corrected chi connectivity index (χ0v) is 15.3. The van der Waals surface area contributed by atoms with Crippen LogP contribution in [0, 0.1) is 25.7 Å². The summed E-state index contributed by atoms with van der Waals surface area (Å²) in [7, 11) is 1.73. The van der Waals surface area contributed by atoms with Crippen LogP contribution in [0.15, 0.2) is 23.0 Å². The number of H-pyrrole nitrogens is 2. The van der Waals surface area contributed by atoms with Crippen molar-refractivity contribution < 1.29 is 14.3 Å². The van der Waals surface area contributed by atoms with E-state index in [2.05, 4.69) is 15.3 Å². The molecule has 2 amide bonds. The van der Waals surface area contributed by atoms with Crippen molar-refractivity contribution in [3.63, 3.8) is 0 Å². The van der Waals surface area contributed by atoms with Crippen LogP contribution in [-0.2, 0) is 14.3 Å². The number of carbonyl (C=O) groups excluding carboxylic acids is 2. The monoisotopic (exact) mass is 368 g/mol. The first-order valence-corrected chi connectivity index (χ1v) is 8.96. The number of imidazole rings is 1. The minimum Gasteiger partial charge on any atom is -0.360 e. The molecule has 3 aliphatic heterocycles. The number of aryl methyl sites for hydroxylation is 1. The molecule has 1 aromatic heterocycles. The lowest BCUT2D eigenvalue weighted by Gasteiger charge is -2.24. The molecule has 27 heavy (non-hydrogen) atoms. The van der Waals surface area contributed by atoms with Gasteiger partial charge in [-0.3, -0.25) is 9.59 Å². The molecule has 0 radical (unpaired) electrons. The number of fused-ring (bicyclic) bond motifs is 2. The Morgan fingerprint density at radius 1 is 1.33 bits per heavy atom. The fraction of sp³-hybridized carbons (Fsp3) is 0.421. The van der Waals surface area contributed by atoms with Gasteiger partial charge in [0.2, 0.25) is 11.8 Å². The lowest BCUT2D eigenvalue weighted by atomic mass is 9.76. The highest BCUT2D eigenvalue weighted by atomic mass is 16.5. The molecule has 3 aliphatic rings. The Bertz CT molecular complexity index is 1100. The maximum Gasteiger partial charge on any atom is 0.323 e. The van der Waals surface area contributed by atoms with Crippen molar-refractivity contribution in [3.05, 3.63) is 39.8 Å². The second-order valence-corrected chi connectivity index (χ2v) is 7.78. The molecular weight excluding hydrogens is 348 g/mol. The molecule has 2 saturated heterocycles. The van der Waals surface area contributed by atoms with Crippen LogP contribution in [0.4, 0.5) is 5.69 Å². The number of hydrogen-bond donors (Lipinski definition) is 3. The van der Waals surface area contributed by atoms with Crippen molar-refractivity contribution in [1.29, 1.82) is 0 Å². The summed E-state index contributed by atoms with van der Waals surface area (Å²) in [5, 5.41) is 2.97. The Morgan fingerprint density at radius 2 is 2.11 bits per heavy atom. The van der Waals surface area contributed by atoms with Gasteiger partial charge in [0.1, 0.15) is 5.60 Å². The molecule has 0 saturated carbocycles. The first-order valence-electron chi connectivity index (χ1n) is 8.96. The molecule has 1 spiro atoms. The quantitative estimate of drug-likeness (QED) is 0.682. The number of nitrogens with zero attached hydrogens (tertiary/aromatic N) is 1. The number of benzene rings is 1. The van der Waals surface area contributed by atoms with Gasteiger partial charge in [-0.25, -0.2) is 4.79 Å². The number of nitrogens with one attached hydrogen (secondary N) is 3. The van der Waals surface area contributed by atoms with Gasteiger partial charge in [-0.2, -0.15) is 0 Å². The van der Waals surface area contributed by atoms with E-state index in [0.29, 0.717) is 23.3 Å². The second-order valence-electron chi connectivity index (χ2n) is 7.78.